The number of hydrogen-bond acceptors (Lipinski definition) is 7. The van der Waals surface area contributed by atoms with Crippen LogP contribution in [0.3, 0.4) is 0 Å². The van der Waals surface area contributed by atoms with Crippen LogP contribution in [0.1, 0.15) is 36.1 Å². The molecule has 1 amide bonds. The van der Waals surface area contributed by atoms with E-state index in [1.165, 1.54) is 24.4 Å². The first kappa shape index (κ1) is 32.5. The van der Waals surface area contributed by atoms with Gasteiger partial charge in [-0.05, 0) is 55.3 Å². The summed E-state index contributed by atoms with van der Waals surface area (Å²) in [5.41, 5.74) is 11.8. The highest BCUT2D eigenvalue weighted by Crippen LogP contribution is 2.34. The molecular weight excluding hydrogens is 594 g/mol. The predicted octanol–water partition coefficient (Wildman–Crippen LogP) is 4.62. The van der Waals surface area contributed by atoms with E-state index in [4.69, 9.17) is 16.3 Å². The number of nitrogens with two attached hydrogens (primary N) is 2. The lowest BCUT2D eigenvalue weighted by atomic mass is 10.1. The number of nitrogen functional groups attached to an aromatic ring is 1. The molecule has 0 bridgehead atoms. The number of amides is 1. The molecule has 1 heterocycles. The van der Waals surface area contributed by atoms with E-state index < -0.39 is 29.8 Å². The third-order valence-electron chi connectivity index (χ3n) is 6.41. The molecule has 0 unspecified atom stereocenters. The third-order valence-corrected chi connectivity index (χ3v) is 6.41. The predicted molar refractivity (Wildman–Crippen MR) is 162 cm³/mol. The van der Waals surface area contributed by atoms with E-state index >= 15 is 0 Å². The fourth-order valence-corrected chi connectivity index (χ4v) is 4.21. The summed E-state index contributed by atoms with van der Waals surface area (Å²) in [6.45, 7) is 3.25. The molecule has 0 saturated heterocycles. The number of halogens is 4. The smallest absolute Gasteiger partial charge is 0.399 e. The second-order valence-corrected chi connectivity index (χ2v) is 10.4. The Balaban J connectivity index is 1.47. The highest BCUT2D eigenvalue weighted by molar-refractivity contribution is 5.97. The number of carbonyl (C=O) groups excluding carboxylic acids is 1. The molecule has 0 aliphatic heterocycles. The minimum Gasteiger partial charge on any atom is -0.399 e. The molecule has 45 heavy (non-hydrogen) atoms. The average Bonchev–Trinajstić information content (AvgIpc) is 2.98. The highest BCUT2D eigenvalue weighted by Gasteiger charge is 2.31. The van der Waals surface area contributed by atoms with Crippen LogP contribution in [0.2, 0.25) is 0 Å². The van der Waals surface area contributed by atoms with Crippen molar-refractivity contribution in [3.63, 3.8) is 0 Å². The Hall–Kier alpha value is -5.40. The zero-order valence-corrected chi connectivity index (χ0v) is 24.4. The van der Waals surface area contributed by atoms with Gasteiger partial charge in [-0.1, -0.05) is 41.6 Å². The van der Waals surface area contributed by atoms with Crippen LogP contribution >= 0.6 is 0 Å². The Morgan fingerprint density at radius 3 is 2.36 bits per heavy atom. The summed E-state index contributed by atoms with van der Waals surface area (Å²) in [5, 5.41) is 9.46. The van der Waals surface area contributed by atoms with Gasteiger partial charge in [-0.25, -0.2) is 9.37 Å². The number of hydrogen-bond donors (Lipinski definition) is 4. The van der Waals surface area contributed by atoms with Gasteiger partial charge in [0.25, 0.3) is 5.56 Å². The SMILES string of the molecule is CC(C)Nc1ncc(-c2cc(N)cc(C(F)(F)F)c2)n(CC(=O)NCc2ccc(/C(N)=N\OCc3ccc(F)cc3)cc2)c1=O. The minimum absolute atomic E-state index is 0.0111. The molecule has 14 heteroatoms. The van der Waals surface area contributed by atoms with Crippen molar-refractivity contribution in [2.75, 3.05) is 11.1 Å². The molecule has 6 N–H and O–H groups in total. The first-order chi connectivity index (χ1) is 21.3. The number of amidine groups is 1. The zero-order chi connectivity index (χ0) is 32.7. The number of rotatable bonds is 11. The van der Waals surface area contributed by atoms with Crippen molar-refractivity contribution in [2.45, 2.75) is 45.8 Å². The first-order valence-corrected chi connectivity index (χ1v) is 13.7. The summed E-state index contributed by atoms with van der Waals surface area (Å²) in [7, 11) is 0. The second kappa shape index (κ2) is 13.9. The van der Waals surface area contributed by atoms with Crippen LogP contribution in [0.15, 0.2) is 82.9 Å². The van der Waals surface area contributed by atoms with Crippen molar-refractivity contribution in [3.05, 3.63) is 111 Å². The van der Waals surface area contributed by atoms with Crippen molar-refractivity contribution < 1.29 is 27.2 Å². The van der Waals surface area contributed by atoms with Crippen LogP contribution in [-0.2, 0) is 35.5 Å². The molecule has 10 nitrogen and oxygen atoms in total. The van der Waals surface area contributed by atoms with Crippen molar-refractivity contribution in [1.29, 1.82) is 0 Å². The molecule has 236 valence electrons. The Bertz CT molecular complexity index is 1740. The molecule has 0 atom stereocenters. The maximum Gasteiger partial charge on any atom is 0.416 e. The molecule has 0 fully saturated rings. The van der Waals surface area contributed by atoms with E-state index in [1.54, 1.807) is 50.2 Å². The van der Waals surface area contributed by atoms with E-state index in [0.29, 0.717) is 16.7 Å². The second-order valence-electron chi connectivity index (χ2n) is 10.4. The standard InChI is InChI=1S/C31H31F4N7O3/c1-18(2)40-29-30(44)42(26(15-39-29)22-11-23(31(33,34)35)13-25(36)12-22)16-27(43)38-14-19-3-7-21(8-4-19)28(37)41-45-17-20-5-9-24(32)10-6-20/h3-13,15,18H,14,16-17,36H2,1-2H3,(H2,37,41)(H,38,43)(H,39,40). The fraction of sp³-hybridized carbons (Fsp3) is 0.226. The molecule has 4 aromatic rings. The number of oxime groups is 1. The lowest BCUT2D eigenvalue weighted by Crippen LogP contribution is -2.35. The number of carbonyl (C=O) groups is 1. The average molecular weight is 626 g/mol. The number of anilines is 2. The number of benzene rings is 3. The maximum absolute atomic E-state index is 13.5. The van der Waals surface area contributed by atoms with Crippen molar-refractivity contribution >= 4 is 23.2 Å². The Morgan fingerprint density at radius 1 is 1.04 bits per heavy atom. The Morgan fingerprint density at radius 2 is 1.71 bits per heavy atom. The molecule has 0 aliphatic rings. The van der Waals surface area contributed by atoms with Gasteiger partial charge in [0.15, 0.2) is 11.7 Å². The monoisotopic (exact) mass is 625 g/mol. The lowest BCUT2D eigenvalue weighted by Gasteiger charge is -2.17. The Labute approximate surface area is 255 Å². The summed E-state index contributed by atoms with van der Waals surface area (Å²) >= 11 is 0. The molecule has 0 spiro atoms. The Kier molecular flexibility index (Phi) is 10.1. The molecular formula is C31H31F4N7O3. The van der Waals surface area contributed by atoms with Crippen molar-refractivity contribution in [3.8, 4) is 11.3 Å². The molecule has 4 rings (SSSR count). The van der Waals surface area contributed by atoms with Crippen LogP contribution in [0, 0.1) is 5.82 Å². The van der Waals surface area contributed by atoms with Crippen LogP contribution in [0.25, 0.3) is 11.3 Å². The fourth-order valence-electron chi connectivity index (χ4n) is 4.21. The van der Waals surface area contributed by atoms with Crippen molar-refractivity contribution in [1.82, 2.24) is 14.9 Å². The summed E-state index contributed by atoms with van der Waals surface area (Å²) in [6.07, 6.45) is -3.45. The molecule has 0 aliphatic carbocycles. The molecule has 3 aromatic carbocycles. The van der Waals surface area contributed by atoms with Gasteiger partial charge in [0, 0.05) is 29.4 Å². The normalized spacial score (nSPS) is 11.8. The van der Waals surface area contributed by atoms with Gasteiger partial charge < -0.3 is 26.9 Å². The van der Waals surface area contributed by atoms with Gasteiger partial charge in [0.05, 0.1) is 17.5 Å². The van der Waals surface area contributed by atoms with E-state index in [-0.39, 0.29) is 53.6 Å². The molecule has 0 saturated carbocycles. The quantitative estimate of drug-likeness (QED) is 0.0625. The summed E-state index contributed by atoms with van der Waals surface area (Å²) < 4.78 is 54.5. The number of aromatic nitrogens is 2. The summed E-state index contributed by atoms with van der Waals surface area (Å²) in [5.74, 6) is -0.876. The van der Waals surface area contributed by atoms with E-state index in [9.17, 15) is 27.2 Å². The van der Waals surface area contributed by atoms with Crippen LogP contribution in [0.5, 0.6) is 0 Å². The van der Waals surface area contributed by atoms with Crippen LogP contribution in [0.4, 0.5) is 29.1 Å². The topological polar surface area (TPSA) is 150 Å². The number of alkyl halides is 3. The maximum atomic E-state index is 13.5. The van der Waals surface area contributed by atoms with E-state index in [0.717, 1.165) is 16.7 Å². The summed E-state index contributed by atoms with van der Waals surface area (Å²) in [4.78, 5) is 35.6. The van der Waals surface area contributed by atoms with Gasteiger partial charge in [-0.2, -0.15) is 13.2 Å². The largest absolute Gasteiger partial charge is 0.416 e. The lowest BCUT2D eigenvalue weighted by molar-refractivity contribution is -0.137. The first-order valence-electron chi connectivity index (χ1n) is 13.7. The third kappa shape index (κ3) is 8.81. The zero-order valence-electron chi connectivity index (χ0n) is 24.4. The van der Waals surface area contributed by atoms with Crippen LogP contribution < -0.4 is 27.7 Å². The van der Waals surface area contributed by atoms with Gasteiger partial charge in [0.1, 0.15) is 19.0 Å². The van der Waals surface area contributed by atoms with Gasteiger partial charge in [-0.3, -0.25) is 14.2 Å². The summed E-state index contributed by atoms with van der Waals surface area (Å²) in [6, 6.07) is 15.3. The molecule has 1 aromatic heterocycles. The number of nitrogens with one attached hydrogen (secondary N) is 2. The van der Waals surface area contributed by atoms with Crippen molar-refractivity contribution in [2.24, 2.45) is 10.9 Å². The van der Waals surface area contributed by atoms with Crippen LogP contribution in [-0.4, -0.2) is 27.3 Å². The van der Waals surface area contributed by atoms with E-state index in [1.807, 2.05) is 0 Å². The van der Waals surface area contributed by atoms with Gasteiger partial charge in [-0.15, -0.1) is 0 Å². The number of nitrogens with zero attached hydrogens (tertiary/aromatic N) is 3. The minimum atomic E-state index is -4.68. The van der Waals surface area contributed by atoms with Gasteiger partial charge in [0.2, 0.25) is 5.91 Å². The van der Waals surface area contributed by atoms with E-state index in [2.05, 4.69) is 20.8 Å². The highest BCUT2D eigenvalue weighted by atomic mass is 19.4. The molecule has 0 radical (unpaired) electrons. The van der Waals surface area contributed by atoms with Gasteiger partial charge >= 0.3 is 6.18 Å².